The highest BCUT2D eigenvalue weighted by atomic mass is 79.9. The molecule has 0 aromatic carbocycles. The number of hydrogen-bond acceptors (Lipinski definition) is 5. The fraction of sp³-hybridized carbons (Fsp3) is 0.312. The van der Waals surface area contributed by atoms with E-state index >= 15 is 0 Å². The van der Waals surface area contributed by atoms with Crippen molar-refractivity contribution in [3.63, 3.8) is 0 Å². The SMILES string of the molecule is Nc1ncc(F)c(-c2cn(CC3CCCO3)c3cnc(Br)cc23)n1. The van der Waals surface area contributed by atoms with E-state index in [0.717, 1.165) is 36.5 Å². The lowest BCUT2D eigenvalue weighted by molar-refractivity contribution is 0.0980. The predicted octanol–water partition coefficient (Wildman–Crippen LogP) is 3.16. The topological polar surface area (TPSA) is 78.8 Å². The minimum Gasteiger partial charge on any atom is -0.376 e. The Morgan fingerprint density at radius 2 is 2.25 bits per heavy atom. The number of ether oxygens (including phenoxy) is 1. The van der Waals surface area contributed by atoms with Crippen LogP contribution in [0.25, 0.3) is 22.2 Å². The van der Waals surface area contributed by atoms with Gasteiger partial charge in [-0.15, -0.1) is 0 Å². The zero-order valence-corrected chi connectivity index (χ0v) is 14.3. The van der Waals surface area contributed by atoms with Gasteiger partial charge in [-0.3, -0.25) is 0 Å². The molecule has 1 aliphatic rings. The molecule has 24 heavy (non-hydrogen) atoms. The lowest BCUT2D eigenvalue weighted by atomic mass is 10.1. The van der Waals surface area contributed by atoms with Gasteiger partial charge in [0.15, 0.2) is 5.82 Å². The maximum Gasteiger partial charge on any atom is 0.220 e. The second-order valence-electron chi connectivity index (χ2n) is 5.78. The third-order valence-corrected chi connectivity index (χ3v) is 4.61. The van der Waals surface area contributed by atoms with Crippen molar-refractivity contribution < 1.29 is 9.13 Å². The van der Waals surface area contributed by atoms with Gasteiger partial charge in [-0.1, -0.05) is 0 Å². The van der Waals surface area contributed by atoms with Crippen molar-refractivity contribution in [3.8, 4) is 11.3 Å². The van der Waals surface area contributed by atoms with Gasteiger partial charge >= 0.3 is 0 Å². The molecule has 1 aliphatic heterocycles. The molecule has 2 N–H and O–H groups in total. The Balaban J connectivity index is 1.88. The zero-order valence-electron chi connectivity index (χ0n) is 12.7. The Morgan fingerprint density at radius 1 is 1.38 bits per heavy atom. The van der Waals surface area contributed by atoms with E-state index in [-0.39, 0.29) is 17.7 Å². The predicted molar refractivity (Wildman–Crippen MR) is 91.8 cm³/mol. The van der Waals surface area contributed by atoms with Gasteiger partial charge in [0.2, 0.25) is 5.95 Å². The third-order valence-electron chi connectivity index (χ3n) is 4.18. The molecule has 0 amide bonds. The van der Waals surface area contributed by atoms with Gasteiger partial charge in [0.05, 0.1) is 24.0 Å². The van der Waals surface area contributed by atoms with Crippen molar-refractivity contribution in [2.24, 2.45) is 0 Å². The van der Waals surface area contributed by atoms with Crippen LogP contribution in [0.3, 0.4) is 0 Å². The zero-order chi connectivity index (χ0) is 16.7. The number of pyridine rings is 1. The highest BCUT2D eigenvalue weighted by molar-refractivity contribution is 9.10. The van der Waals surface area contributed by atoms with Crippen LogP contribution < -0.4 is 5.73 Å². The fourth-order valence-electron chi connectivity index (χ4n) is 3.08. The summed E-state index contributed by atoms with van der Waals surface area (Å²) in [5.41, 5.74) is 7.40. The van der Waals surface area contributed by atoms with E-state index in [4.69, 9.17) is 10.5 Å². The number of rotatable bonds is 3. The minimum atomic E-state index is -0.506. The normalized spacial score (nSPS) is 17.7. The molecule has 124 valence electrons. The summed E-state index contributed by atoms with van der Waals surface area (Å²) < 4.78 is 22.7. The van der Waals surface area contributed by atoms with E-state index < -0.39 is 5.82 Å². The Morgan fingerprint density at radius 3 is 3.04 bits per heavy atom. The summed E-state index contributed by atoms with van der Waals surface area (Å²) >= 11 is 3.37. The molecule has 4 heterocycles. The van der Waals surface area contributed by atoms with Gasteiger partial charge in [-0.25, -0.2) is 19.3 Å². The Labute approximate surface area is 146 Å². The molecular weight excluding hydrogens is 377 g/mol. The van der Waals surface area contributed by atoms with Gasteiger partial charge in [-0.05, 0) is 34.8 Å². The maximum atomic E-state index is 14.3. The van der Waals surface area contributed by atoms with Gasteiger partial charge in [-0.2, -0.15) is 0 Å². The first-order valence-corrected chi connectivity index (χ1v) is 8.45. The molecule has 8 heteroatoms. The van der Waals surface area contributed by atoms with Crippen LogP contribution in [-0.2, 0) is 11.3 Å². The number of aromatic nitrogens is 4. The smallest absolute Gasteiger partial charge is 0.220 e. The summed E-state index contributed by atoms with van der Waals surface area (Å²) in [5.74, 6) is -0.465. The van der Waals surface area contributed by atoms with Crippen molar-refractivity contribution in [1.29, 1.82) is 0 Å². The van der Waals surface area contributed by atoms with Crippen molar-refractivity contribution in [3.05, 3.63) is 35.1 Å². The fourth-order valence-corrected chi connectivity index (χ4v) is 3.41. The first kappa shape index (κ1) is 15.5. The molecule has 3 aromatic rings. The molecule has 0 saturated carbocycles. The van der Waals surface area contributed by atoms with Crippen LogP contribution in [0, 0.1) is 5.82 Å². The molecule has 1 fully saturated rings. The minimum absolute atomic E-state index is 0.0412. The van der Waals surface area contributed by atoms with E-state index in [0.29, 0.717) is 16.7 Å². The largest absolute Gasteiger partial charge is 0.376 e. The second kappa shape index (κ2) is 6.10. The second-order valence-corrected chi connectivity index (χ2v) is 6.59. The monoisotopic (exact) mass is 391 g/mol. The summed E-state index contributed by atoms with van der Waals surface area (Å²) in [5, 5.41) is 0.854. The molecule has 1 unspecified atom stereocenters. The van der Waals surface area contributed by atoms with Gasteiger partial charge in [0.25, 0.3) is 0 Å². The number of fused-ring (bicyclic) bond motifs is 1. The van der Waals surface area contributed by atoms with Gasteiger partial charge in [0.1, 0.15) is 10.3 Å². The Hall–Kier alpha value is -2.06. The third kappa shape index (κ3) is 2.76. The van der Waals surface area contributed by atoms with Crippen molar-refractivity contribution >= 4 is 32.8 Å². The van der Waals surface area contributed by atoms with Crippen LogP contribution in [-0.4, -0.2) is 32.2 Å². The van der Waals surface area contributed by atoms with Crippen molar-refractivity contribution in [1.82, 2.24) is 19.5 Å². The quantitative estimate of drug-likeness (QED) is 0.693. The first-order chi connectivity index (χ1) is 11.6. The number of nitrogens with two attached hydrogens (primary N) is 1. The molecule has 1 saturated heterocycles. The van der Waals surface area contributed by atoms with Crippen LogP contribution in [0.5, 0.6) is 0 Å². The van der Waals surface area contributed by atoms with Crippen molar-refractivity contribution in [2.75, 3.05) is 12.3 Å². The molecule has 0 spiro atoms. The Kier molecular flexibility index (Phi) is 3.93. The molecule has 0 aliphatic carbocycles. The molecule has 6 nitrogen and oxygen atoms in total. The summed E-state index contributed by atoms with van der Waals surface area (Å²) in [6, 6.07) is 1.86. The summed E-state index contributed by atoms with van der Waals surface area (Å²) in [6.45, 7) is 1.49. The highest BCUT2D eigenvalue weighted by Crippen LogP contribution is 2.33. The lowest BCUT2D eigenvalue weighted by Crippen LogP contribution is -2.14. The molecule has 0 radical (unpaired) electrons. The van der Waals surface area contributed by atoms with Gasteiger partial charge < -0.3 is 15.0 Å². The van der Waals surface area contributed by atoms with E-state index in [1.54, 1.807) is 6.20 Å². The van der Waals surface area contributed by atoms with Crippen LogP contribution in [0.2, 0.25) is 0 Å². The molecule has 1 atom stereocenters. The average molecular weight is 392 g/mol. The Bertz CT molecular complexity index is 907. The summed E-state index contributed by atoms with van der Waals surface area (Å²) in [6.07, 6.45) is 6.99. The standard InChI is InChI=1S/C16H15BrFN5O/c17-14-4-10-11(15-12(18)5-21-16(19)22-15)8-23(13(10)6-20-14)7-9-2-1-3-24-9/h4-6,8-9H,1-3,7H2,(H2,19,21,22). The van der Waals surface area contributed by atoms with Gasteiger partial charge in [0, 0.05) is 30.3 Å². The number of anilines is 1. The first-order valence-electron chi connectivity index (χ1n) is 7.66. The molecule has 4 rings (SSSR count). The number of halogens is 2. The number of nitrogens with zero attached hydrogens (tertiary/aromatic N) is 4. The molecule has 3 aromatic heterocycles. The van der Waals surface area contributed by atoms with E-state index in [1.165, 1.54) is 0 Å². The van der Waals surface area contributed by atoms with E-state index in [9.17, 15) is 4.39 Å². The number of nitrogen functional groups attached to an aromatic ring is 1. The summed E-state index contributed by atoms with van der Waals surface area (Å²) in [4.78, 5) is 12.1. The van der Waals surface area contributed by atoms with Crippen molar-refractivity contribution in [2.45, 2.75) is 25.5 Å². The van der Waals surface area contributed by atoms with Crippen LogP contribution in [0.15, 0.2) is 29.3 Å². The van der Waals surface area contributed by atoms with E-state index in [2.05, 4.69) is 30.9 Å². The van der Waals surface area contributed by atoms with E-state index in [1.807, 2.05) is 16.8 Å². The highest BCUT2D eigenvalue weighted by Gasteiger charge is 2.21. The average Bonchev–Trinajstić information content (AvgIpc) is 3.18. The van der Waals surface area contributed by atoms with Crippen LogP contribution in [0.4, 0.5) is 10.3 Å². The van der Waals surface area contributed by atoms with Crippen LogP contribution in [0.1, 0.15) is 12.8 Å². The van der Waals surface area contributed by atoms with Crippen LogP contribution >= 0.6 is 15.9 Å². The number of hydrogen-bond donors (Lipinski definition) is 1. The molecule has 0 bridgehead atoms. The molecular formula is C16H15BrFN5O. The lowest BCUT2D eigenvalue weighted by Gasteiger charge is -2.11. The summed E-state index contributed by atoms with van der Waals surface area (Å²) in [7, 11) is 0. The maximum absolute atomic E-state index is 14.3.